The van der Waals surface area contributed by atoms with E-state index in [4.69, 9.17) is 9.47 Å². The number of carbonyl (C=O) groups excluding carboxylic acids is 2. The molecule has 3 rings (SSSR count). The number of nitrogens with one attached hydrogen (secondary N) is 1. The van der Waals surface area contributed by atoms with Gasteiger partial charge >= 0.3 is 12.6 Å². The number of ether oxygens (including phenoxy) is 3. The third-order valence-electron chi connectivity index (χ3n) is 4.89. The summed E-state index contributed by atoms with van der Waals surface area (Å²) in [6.45, 7) is 1.20. The molecule has 0 fully saturated rings. The second kappa shape index (κ2) is 9.82. The molecule has 0 saturated carbocycles. The molecule has 0 aliphatic rings. The van der Waals surface area contributed by atoms with E-state index in [2.05, 4.69) is 10.1 Å². The Labute approximate surface area is 187 Å². The lowest BCUT2D eigenvalue weighted by Crippen LogP contribution is -2.17. The molecule has 1 N–H and O–H groups in total. The molecule has 0 unspecified atom stereocenters. The number of aryl methyl sites for hydroxylation is 1. The molecule has 10 heteroatoms. The highest BCUT2D eigenvalue weighted by Crippen LogP contribution is 2.35. The molecule has 0 bridgehead atoms. The first-order valence-electron chi connectivity index (χ1n) is 9.50. The summed E-state index contributed by atoms with van der Waals surface area (Å²) in [4.78, 5) is 26.4. The zero-order valence-electron chi connectivity index (χ0n) is 17.9. The van der Waals surface area contributed by atoms with E-state index in [-0.39, 0.29) is 22.7 Å². The minimum atomic E-state index is -3.12. The number of nitrogens with zero attached hydrogens (tertiary/aromatic N) is 1. The highest BCUT2D eigenvalue weighted by atomic mass is 32.1. The number of aromatic nitrogens is 1. The second-order valence-corrected chi connectivity index (χ2v) is 7.86. The molecule has 32 heavy (non-hydrogen) atoms. The minimum absolute atomic E-state index is 0.0404. The van der Waals surface area contributed by atoms with Crippen molar-refractivity contribution in [2.45, 2.75) is 27.0 Å². The molecular formula is C22H22F2N2O5S. The fraction of sp³-hybridized carbons (Fsp3) is 0.273. The van der Waals surface area contributed by atoms with Crippen molar-refractivity contribution >= 4 is 28.9 Å². The highest BCUT2D eigenvalue weighted by Gasteiger charge is 2.23. The Balaban J connectivity index is 1.97. The third-order valence-corrected chi connectivity index (χ3v) is 5.75. The van der Waals surface area contributed by atoms with Crippen molar-refractivity contribution in [2.75, 3.05) is 19.5 Å². The predicted molar refractivity (Wildman–Crippen MR) is 116 cm³/mol. The number of hydrogen-bond donors (Lipinski definition) is 1. The summed E-state index contributed by atoms with van der Waals surface area (Å²) in [5.41, 5.74) is 1.89. The third kappa shape index (κ3) is 4.91. The maximum absolute atomic E-state index is 13.1. The molecule has 170 valence electrons. The summed E-state index contributed by atoms with van der Waals surface area (Å²) in [6.07, 6.45) is 0. The fourth-order valence-electron chi connectivity index (χ4n) is 3.31. The van der Waals surface area contributed by atoms with Crippen LogP contribution >= 0.6 is 11.3 Å². The van der Waals surface area contributed by atoms with E-state index in [1.54, 1.807) is 17.4 Å². The number of carbonyl (C=O) groups is 2. The van der Waals surface area contributed by atoms with Gasteiger partial charge in [-0.05, 0) is 31.4 Å². The number of amides is 1. The van der Waals surface area contributed by atoms with Gasteiger partial charge in [0.15, 0.2) is 11.5 Å². The SMILES string of the molecule is COC(=O)c1cc(OC)c(OC(F)F)cc1NC(=O)c1cc(C)n(Cc2cccs2)c1C. The number of rotatable bonds is 8. The lowest BCUT2D eigenvalue weighted by molar-refractivity contribution is -0.0511. The number of halogens is 2. The first-order valence-corrected chi connectivity index (χ1v) is 10.4. The molecule has 1 aromatic carbocycles. The van der Waals surface area contributed by atoms with Crippen LogP contribution in [-0.4, -0.2) is 37.3 Å². The van der Waals surface area contributed by atoms with Gasteiger partial charge in [0.25, 0.3) is 5.91 Å². The summed E-state index contributed by atoms with van der Waals surface area (Å²) in [5.74, 6) is -1.70. The number of anilines is 1. The van der Waals surface area contributed by atoms with Gasteiger partial charge in [-0.1, -0.05) is 6.07 Å². The highest BCUT2D eigenvalue weighted by molar-refractivity contribution is 7.09. The number of alkyl halides is 2. The molecule has 2 heterocycles. The zero-order valence-corrected chi connectivity index (χ0v) is 18.7. The normalized spacial score (nSPS) is 10.8. The van der Waals surface area contributed by atoms with Gasteiger partial charge in [0.2, 0.25) is 0 Å². The van der Waals surface area contributed by atoms with Crippen LogP contribution in [0, 0.1) is 13.8 Å². The number of methoxy groups -OCH3 is 2. The topological polar surface area (TPSA) is 78.8 Å². The Kier molecular flexibility index (Phi) is 7.14. The van der Waals surface area contributed by atoms with Crippen LogP contribution < -0.4 is 14.8 Å². The molecule has 3 aromatic rings. The van der Waals surface area contributed by atoms with Crippen LogP contribution in [0.1, 0.15) is 37.0 Å². The summed E-state index contributed by atoms with van der Waals surface area (Å²) >= 11 is 1.61. The van der Waals surface area contributed by atoms with Gasteiger partial charge in [-0.2, -0.15) is 8.78 Å². The first kappa shape index (κ1) is 23.3. The van der Waals surface area contributed by atoms with Crippen molar-refractivity contribution in [1.82, 2.24) is 4.57 Å². The maximum Gasteiger partial charge on any atom is 0.387 e. The van der Waals surface area contributed by atoms with Gasteiger partial charge in [0, 0.05) is 28.4 Å². The Morgan fingerprint density at radius 2 is 1.88 bits per heavy atom. The molecule has 2 aromatic heterocycles. The van der Waals surface area contributed by atoms with Crippen molar-refractivity contribution in [3.8, 4) is 11.5 Å². The summed E-state index contributed by atoms with van der Waals surface area (Å²) in [6, 6.07) is 7.99. The maximum atomic E-state index is 13.1. The van der Waals surface area contributed by atoms with Crippen molar-refractivity contribution in [1.29, 1.82) is 0 Å². The molecule has 0 aliphatic heterocycles. The lowest BCUT2D eigenvalue weighted by atomic mass is 10.1. The number of hydrogen-bond acceptors (Lipinski definition) is 6. The van der Waals surface area contributed by atoms with Crippen LogP contribution in [0.5, 0.6) is 11.5 Å². The van der Waals surface area contributed by atoms with Crippen molar-refractivity contribution in [3.63, 3.8) is 0 Å². The average Bonchev–Trinajstić information content (AvgIpc) is 3.36. The zero-order chi connectivity index (χ0) is 23.4. The number of esters is 1. The van der Waals surface area contributed by atoms with Crippen LogP contribution in [0.25, 0.3) is 0 Å². The van der Waals surface area contributed by atoms with E-state index in [1.807, 2.05) is 35.9 Å². The first-order chi connectivity index (χ1) is 15.2. The molecule has 0 saturated heterocycles. The average molecular weight is 464 g/mol. The van der Waals surface area contributed by atoms with Gasteiger partial charge in [-0.15, -0.1) is 11.3 Å². The minimum Gasteiger partial charge on any atom is -0.493 e. The van der Waals surface area contributed by atoms with Crippen LogP contribution in [0.4, 0.5) is 14.5 Å². The van der Waals surface area contributed by atoms with E-state index in [1.165, 1.54) is 20.3 Å². The quantitative estimate of drug-likeness (QED) is 0.482. The lowest BCUT2D eigenvalue weighted by Gasteiger charge is -2.16. The van der Waals surface area contributed by atoms with E-state index >= 15 is 0 Å². The van der Waals surface area contributed by atoms with Gasteiger partial charge < -0.3 is 24.1 Å². The molecule has 0 radical (unpaired) electrons. The van der Waals surface area contributed by atoms with E-state index in [9.17, 15) is 18.4 Å². The Hall–Kier alpha value is -3.40. The van der Waals surface area contributed by atoms with Crippen LogP contribution in [-0.2, 0) is 11.3 Å². The van der Waals surface area contributed by atoms with Crippen LogP contribution in [0.3, 0.4) is 0 Å². The summed E-state index contributed by atoms with van der Waals surface area (Å²) < 4.78 is 41.9. The molecule has 7 nitrogen and oxygen atoms in total. The van der Waals surface area contributed by atoms with Gasteiger partial charge in [0.05, 0.1) is 37.6 Å². The Morgan fingerprint density at radius 3 is 2.47 bits per heavy atom. The Bertz CT molecular complexity index is 1130. The van der Waals surface area contributed by atoms with Crippen molar-refractivity contribution < 1.29 is 32.6 Å². The standard InChI is InChI=1S/C22H22F2N2O5S/c1-12-8-15(13(2)26(12)11-14-6-5-7-32-14)20(27)25-17-10-19(31-22(23)24)18(29-3)9-16(17)21(28)30-4/h5-10,22H,11H2,1-4H3,(H,25,27). The van der Waals surface area contributed by atoms with Crippen LogP contribution in [0.15, 0.2) is 35.7 Å². The predicted octanol–water partition coefficient (Wildman–Crippen LogP) is 4.86. The summed E-state index contributed by atoms with van der Waals surface area (Å²) in [7, 11) is 2.41. The van der Waals surface area contributed by atoms with E-state index in [0.29, 0.717) is 12.1 Å². The van der Waals surface area contributed by atoms with Gasteiger partial charge in [-0.3, -0.25) is 4.79 Å². The number of thiophene rings is 1. The molecule has 0 atom stereocenters. The summed E-state index contributed by atoms with van der Waals surface area (Å²) in [5, 5.41) is 4.60. The largest absolute Gasteiger partial charge is 0.493 e. The smallest absolute Gasteiger partial charge is 0.387 e. The monoisotopic (exact) mass is 464 g/mol. The molecule has 0 spiro atoms. The molecule has 1 amide bonds. The van der Waals surface area contributed by atoms with Gasteiger partial charge in [0.1, 0.15) is 0 Å². The van der Waals surface area contributed by atoms with Crippen molar-refractivity contribution in [2.24, 2.45) is 0 Å². The van der Waals surface area contributed by atoms with E-state index < -0.39 is 18.5 Å². The van der Waals surface area contributed by atoms with E-state index in [0.717, 1.165) is 22.3 Å². The molecular weight excluding hydrogens is 442 g/mol. The molecule has 0 aliphatic carbocycles. The Morgan fingerprint density at radius 1 is 1.12 bits per heavy atom. The van der Waals surface area contributed by atoms with Crippen molar-refractivity contribution in [3.05, 3.63) is 63.1 Å². The van der Waals surface area contributed by atoms with Gasteiger partial charge in [-0.25, -0.2) is 4.79 Å². The number of benzene rings is 1. The van der Waals surface area contributed by atoms with Crippen LogP contribution in [0.2, 0.25) is 0 Å². The second-order valence-electron chi connectivity index (χ2n) is 6.82. The fourth-order valence-corrected chi connectivity index (χ4v) is 4.00.